The third-order valence-corrected chi connectivity index (χ3v) is 8.12. The lowest BCUT2D eigenvalue weighted by molar-refractivity contribution is -0.136. The predicted octanol–water partition coefficient (Wildman–Crippen LogP) is 3.13. The number of amides is 3. The Hall–Kier alpha value is -3.98. The van der Waals surface area contributed by atoms with Gasteiger partial charge in [-0.05, 0) is 53.1 Å². The molecule has 0 radical (unpaired) electrons. The van der Waals surface area contributed by atoms with Crippen molar-refractivity contribution in [3.8, 4) is 0 Å². The van der Waals surface area contributed by atoms with Gasteiger partial charge < -0.3 is 14.7 Å². The van der Waals surface area contributed by atoms with Crippen LogP contribution in [0.2, 0.25) is 0 Å². The summed E-state index contributed by atoms with van der Waals surface area (Å²) in [4.78, 5) is 45.3. The molecule has 3 amide bonds. The van der Waals surface area contributed by atoms with E-state index in [2.05, 4.69) is 56.4 Å². The van der Waals surface area contributed by atoms with E-state index < -0.39 is 17.8 Å². The predicted molar refractivity (Wildman–Crippen MR) is 148 cm³/mol. The number of piperidine rings is 1. The Labute approximate surface area is 227 Å². The minimum Gasteiger partial charge on any atom is -0.378 e. The summed E-state index contributed by atoms with van der Waals surface area (Å²) in [5, 5.41) is 4.76. The highest BCUT2D eigenvalue weighted by Gasteiger charge is 2.41. The van der Waals surface area contributed by atoms with E-state index in [9.17, 15) is 18.8 Å². The third-order valence-electron chi connectivity index (χ3n) is 8.12. The Bertz CT molecular complexity index is 1480. The van der Waals surface area contributed by atoms with Gasteiger partial charge in [0.1, 0.15) is 11.9 Å². The van der Waals surface area contributed by atoms with Crippen molar-refractivity contribution in [3.05, 3.63) is 71.0 Å². The number of piperazine rings is 1. The Morgan fingerprint density at radius 2 is 1.69 bits per heavy atom. The molecule has 6 rings (SSSR count). The number of rotatable bonds is 5. The fraction of sp³-hybridized carbons (Fsp3) is 0.367. The number of fused-ring (bicyclic) bond motifs is 2. The molecule has 0 saturated carbocycles. The van der Waals surface area contributed by atoms with Gasteiger partial charge in [-0.15, -0.1) is 0 Å². The fourth-order valence-electron chi connectivity index (χ4n) is 5.95. The van der Waals surface area contributed by atoms with Gasteiger partial charge in [-0.1, -0.05) is 18.2 Å². The van der Waals surface area contributed by atoms with E-state index in [1.807, 2.05) is 14.1 Å². The van der Waals surface area contributed by atoms with Crippen LogP contribution in [0.4, 0.5) is 15.8 Å². The molecule has 1 unspecified atom stereocenters. The first-order chi connectivity index (χ1) is 18.8. The molecule has 39 heavy (non-hydrogen) atoms. The summed E-state index contributed by atoms with van der Waals surface area (Å²) < 4.78 is 14.7. The number of nitrogens with zero attached hydrogens (tertiary/aromatic N) is 4. The summed E-state index contributed by atoms with van der Waals surface area (Å²) in [5.74, 6) is -1.60. The lowest BCUT2D eigenvalue weighted by Gasteiger charge is -2.37. The number of hydrogen-bond donors (Lipinski definition) is 1. The number of imide groups is 1. The normalized spacial score (nSPS) is 20.0. The molecule has 2 fully saturated rings. The maximum absolute atomic E-state index is 14.7. The summed E-state index contributed by atoms with van der Waals surface area (Å²) in [6.07, 6.45) is 0.473. The van der Waals surface area contributed by atoms with Crippen LogP contribution in [-0.4, -0.2) is 73.8 Å². The molecule has 3 aromatic rings. The van der Waals surface area contributed by atoms with Crippen LogP contribution in [0, 0.1) is 5.82 Å². The van der Waals surface area contributed by atoms with Crippen LogP contribution < -0.4 is 15.1 Å². The Morgan fingerprint density at radius 3 is 2.44 bits per heavy atom. The van der Waals surface area contributed by atoms with Gasteiger partial charge in [0.05, 0.1) is 0 Å². The fourth-order valence-corrected chi connectivity index (χ4v) is 5.95. The lowest BCUT2D eigenvalue weighted by Crippen LogP contribution is -2.52. The first kappa shape index (κ1) is 25.3. The summed E-state index contributed by atoms with van der Waals surface area (Å²) in [5.41, 5.74) is 4.22. The maximum atomic E-state index is 14.7. The lowest BCUT2D eigenvalue weighted by atomic mass is 10.0. The van der Waals surface area contributed by atoms with Crippen LogP contribution in [0.1, 0.15) is 34.3 Å². The van der Waals surface area contributed by atoms with Gasteiger partial charge in [0.2, 0.25) is 11.8 Å². The molecule has 0 spiro atoms. The van der Waals surface area contributed by atoms with Crippen molar-refractivity contribution < 1.29 is 18.8 Å². The topological polar surface area (TPSA) is 76.2 Å². The number of hydrogen-bond acceptors (Lipinski definition) is 6. The van der Waals surface area contributed by atoms with Gasteiger partial charge in [-0.3, -0.25) is 24.6 Å². The minimum absolute atomic E-state index is 0.189. The molecule has 3 aromatic carbocycles. The van der Waals surface area contributed by atoms with Gasteiger partial charge >= 0.3 is 0 Å². The molecular weight excluding hydrogens is 497 g/mol. The summed E-state index contributed by atoms with van der Waals surface area (Å²) in [6, 6.07) is 15.2. The van der Waals surface area contributed by atoms with Crippen molar-refractivity contribution in [1.82, 2.24) is 15.1 Å². The molecule has 0 bridgehead atoms. The average Bonchev–Trinajstić information content (AvgIpc) is 3.24. The quantitative estimate of drug-likeness (QED) is 0.512. The number of halogens is 1. The first-order valence-electron chi connectivity index (χ1n) is 13.4. The van der Waals surface area contributed by atoms with Crippen molar-refractivity contribution in [2.75, 3.05) is 50.1 Å². The molecule has 202 valence electrons. The first-order valence-corrected chi connectivity index (χ1v) is 13.4. The Kier molecular flexibility index (Phi) is 6.46. The smallest absolute Gasteiger partial charge is 0.255 e. The van der Waals surface area contributed by atoms with E-state index in [1.165, 1.54) is 39.1 Å². The Balaban J connectivity index is 1.14. The third kappa shape index (κ3) is 4.83. The van der Waals surface area contributed by atoms with Gasteiger partial charge in [-0.25, -0.2) is 4.39 Å². The van der Waals surface area contributed by atoms with E-state index in [0.29, 0.717) is 18.7 Å². The highest BCUT2D eigenvalue weighted by atomic mass is 19.1. The van der Waals surface area contributed by atoms with Gasteiger partial charge in [0, 0.05) is 82.3 Å². The van der Waals surface area contributed by atoms with E-state index in [0.717, 1.165) is 30.9 Å². The standard InChI is InChI=1S/C30H32FN5O3/c1-33(2)23-6-5-20-13-19(3-4-21(20)14-23)17-34-9-11-35(12-10-34)27-16-22(31)15-24-25(27)18-36(30(24)39)26-7-8-28(37)32-29(26)38/h3-6,13-16,26H,7-12,17-18H2,1-2H3,(H,32,37,38). The van der Waals surface area contributed by atoms with Crippen molar-refractivity contribution >= 4 is 39.9 Å². The van der Waals surface area contributed by atoms with Crippen molar-refractivity contribution in [2.45, 2.75) is 32.0 Å². The van der Waals surface area contributed by atoms with E-state index in [4.69, 9.17) is 0 Å². The molecule has 9 heteroatoms. The summed E-state index contributed by atoms with van der Waals surface area (Å²) >= 11 is 0. The SMILES string of the molecule is CN(C)c1ccc2cc(CN3CCN(c4cc(F)cc5c4CN(C4CCC(=O)NC4=O)C5=O)CC3)ccc2c1. The average molecular weight is 530 g/mol. The molecule has 3 aliphatic heterocycles. The summed E-state index contributed by atoms with van der Waals surface area (Å²) in [7, 11) is 4.08. The van der Waals surface area contributed by atoms with Crippen LogP contribution >= 0.6 is 0 Å². The van der Waals surface area contributed by atoms with Gasteiger partial charge in [0.25, 0.3) is 5.91 Å². The van der Waals surface area contributed by atoms with E-state index in [1.54, 1.807) is 0 Å². The molecule has 1 N–H and O–H groups in total. The minimum atomic E-state index is -0.716. The molecule has 1 atom stereocenters. The Morgan fingerprint density at radius 1 is 0.949 bits per heavy atom. The second-order valence-electron chi connectivity index (χ2n) is 10.9. The molecule has 0 aliphatic carbocycles. The summed E-state index contributed by atoms with van der Waals surface area (Å²) in [6.45, 7) is 4.12. The van der Waals surface area contributed by atoms with E-state index >= 15 is 0 Å². The molecule has 8 nitrogen and oxygen atoms in total. The van der Waals surface area contributed by atoms with E-state index in [-0.39, 0.29) is 31.2 Å². The molecule has 3 aliphatic rings. The van der Waals surface area contributed by atoms with Crippen LogP contribution in [-0.2, 0) is 22.7 Å². The van der Waals surface area contributed by atoms with Crippen molar-refractivity contribution in [1.29, 1.82) is 0 Å². The number of nitrogens with one attached hydrogen (secondary N) is 1. The second-order valence-corrected chi connectivity index (χ2v) is 10.9. The maximum Gasteiger partial charge on any atom is 0.255 e. The van der Waals surface area contributed by atoms with Crippen LogP contribution in [0.3, 0.4) is 0 Å². The molecule has 0 aromatic heterocycles. The largest absolute Gasteiger partial charge is 0.378 e. The van der Waals surface area contributed by atoms with Crippen LogP contribution in [0.5, 0.6) is 0 Å². The highest BCUT2D eigenvalue weighted by Crippen LogP contribution is 2.35. The zero-order valence-electron chi connectivity index (χ0n) is 22.2. The second kappa shape index (κ2) is 9.96. The number of anilines is 2. The molecular formula is C30H32FN5O3. The molecule has 2 saturated heterocycles. The highest BCUT2D eigenvalue weighted by molar-refractivity contribution is 6.06. The number of benzene rings is 3. The van der Waals surface area contributed by atoms with Crippen LogP contribution in [0.15, 0.2) is 48.5 Å². The van der Waals surface area contributed by atoms with Gasteiger partial charge in [0.15, 0.2) is 0 Å². The van der Waals surface area contributed by atoms with Crippen molar-refractivity contribution in [3.63, 3.8) is 0 Å². The van der Waals surface area contributed by atoms with Crippen LogP contribution in [0.25, 0.3) is 10.8 Å². The number of carbonyl (C=O) groups is 3. The zero-order valence-corrected chi connectivity index (χ0v) is 22.2. The molecule has 3 heterocycles. The van der Waals surface area contributed by atoms with Gasteiger partial charge in [-0.2, -0.15) is 0 Å². The zero-order chi connectivity index (χ0) is 27.3. The van der Waals surface area contributed by atoms with Crippen molar-refractivity contribution in [2.24, 2.45) is 0 Å². The monoisotopic (exact) mass is 529 g/mol. The number of carbonyl (C=O) groups excluding carboxylic acids is 3.